The molecule has 2 saturated heterocycles. The smallest absolute Gasteiger partial charge is 0.272 e. The first-order chi connectivity index (χ1) is 13.7. The number of carbonyl (C=O) groups excluding carboxylic acids is 1. The molecule has 1 spiro atoms. The molecule has 28 heavy (non-hydrogen) atoms. The number of hydrogen-bond donors (Lipinski definition) is 0. The molecule has 2 aromatic rings. The fourth-order valence-corrected chi connectivity index (χ4v) is 3.79. The third-order valence-electron chi connectivity index (χ3n) is 5.42. The minimum atomic E-state index is -0.420. The van der Waals surface area contributed by atoms with Crippen LogP contribution in [0.2, 0.25) is 0 Å². The molecule has 0 atom stereocenters. The number of ether oxygens (including phenoxy) is 2. The first-order valence-electron chi connectivity index (χ1n) is 9.87. The normalized spacial score (nSPS) is 18.4. The van der Waals surface area contributed by atoms with Gasteiger partial charge >= 0.3 is 0 Å². The standard InChI is InChI=1S/C21H26N4O3/c1-2-24(15-17-6-4-3-5-7-17)20(26)18-14-19(23-16-22-18)25-10-8-21(9-11-25)27-12-13-28-21/h3-7,14,16H,2,8-13,15H2,1H3. The maximum Gasteiger partial charge on any atom is 0.272 e. The predicted octanol–water partition coefficient (Wildman–Crippen LogP) is 2.48. The van der Waals surface area contributed by atoms with Crippen LogP contribution in [0.4, 0.5) is 5.82 Å². The monoisotopic (exact) mass is 382 g/mol. The van der Waals surface area contributed by atoms with Gasteiger partial charge in [-0.15, -0.1) is 0 Å². The van der Waals surface area contributed by atoms with E-state index in [9.17, 15) is 4.79 Å². The number of benzene rings is 1. The molecular weight excluding hydrogens is 356 g/mol. The van der Waals surface area contributed by atoms with E-state index in [0.29, 0.717) is 32.0 Å². The summed E-state index contributed by atoms with van der Waals surface area (Å²) in [5.74, 6) is 0.282. The van der Waals surface area contributed by atoms with Crippen LogP contribution in [0.25, 0.3) is 0 Å². The average molecular weight is 382 g/mol. The Morgan fingerprint density at radius 1 is 1.14 bits per heavy atom. The Morgan fingerprint density at radius 2 is 1.86 bits per heavy atom. The van der Waals surface area contributed by atoms with E-state index in [-0.39, 0.29) is 5.91 Å². The topological polar surface area (TPSA) is 67.8 Å². The number of anilines is 1. The first-order valence-corrected chi connectivity index (χ1v) is 9.87. The van der Waals surface area contributed by atoms with Crippen LogP contribution in [0.5, 0.6) is 0 Å². The molecule has 1 aromatic heterocycles. The summed E-state index contributed by atoms with van der Waals surface area (Å²) in [6.07, 6.45) is 3.08. The summed E-state index contributed by atoms with van der Waals surface area (Å²) in [7, 11) is 0. The Morgan fingerprint density at radius 3 is 2.54 bits per heavy atom. The van der Waals surface area contributed by atoms with E-state index in [1.54, 1.807) is 11.0 Å². The Bertz CT molecular complexity index is 798. The highest BCUT2D eigenvalue weighted by Gasteiger charge is 2.40. The Kier molecular flexibility index (Phi) is 5.54. The molecule has 0 unspecified atom stereocenters. The molecule has 0 N–H and O–H groups in total. The number of nitrogens with zero attached hydrogens (tertiary/aromatic N) is 4. The second-order valence-electron chi connectivity index (χ2n) is 7.16. The van der Waals surface area contributed by atoms with Gasteiger partial charge in [0, 0.05) is 45.1 Å². The molecule has 0 radical (unpaired) electrons. The molecule has 2 aliphatic rings. The zero-order valence-electron chi connectivity index (χ0n) is 16.2. The van der Waals surface area contributed by atoms with Crippen LogP contribution in [0.15, 0.2) is 42.7 Å². The summed E-state index contributed by atoms with van der Waals surface area (Å²) in [6.45, 7) is 6.07. The van der Waals surface area contributed by atoms with Crippen molar-refractivity contribution in [2.24, 2.45) is 0 Å². The molecule has 3 heterocycles. The van der Waals surface area contributed by atoms with Gasteiger partial charge in [0.25, 0.3) is 5.91 Å². The Hall–Kier alpha value is -2.51. The predicted molar refractivity (Wildman–Crippen MR) is 105 cm³/mol. The fourth-order valence-electron chi connectivity index (χ4n) is 3.79. The van der Waals surface area contributed by atoms with Gasteiger partial charge in [0.1, 0.15) is 17.8 Å². The van der Waals surface area contributed by atoms with Crippen LogP contribution in [0, 0.1) is 0 Å². The average Bonchev–Trinajstić information content (AvgIpc) is 3.21. The van der Waals surface area contributed by atoms with Crippen molar-refractivity contribution in [3.05, 3.63) is 54.0 Å². The van der Waals surface area contributed by atoms with E-state index >= 15 is 0 Å². The van der Waals surface area contributed by atoms with Crippen LogP contribution < -0.4 is 4.90 Å². The van der Waals surface area contributed by atoms with Crippen LogP contribution in [-0.2, 0) is 16.0 Å². The molecule has 4 rings (SSSR count). The lowest BCUT2D eigenvalue weighted by molar-refractivity contribution is -0.169. The summed E-state index contributed by atoms with van der Waals surface area (Å²) < 4.78 is 11.6. The molecule has 1 aromatic carbocycles. The number of carbonyl (C=O) groups is 1. The first kappa shape index (κ1) is 18.8. The van der Waals surface area contributed by atoms with Gasteiger partial charge < -0.3 is 19.3 Å². The van der Waals surface area contributed by atoms with Crippen molar-refractivity contribution in [2.45, 2.75) is 32.1 Å². The molecule has 2 fully saturated rings. The van der Waals surface area contributed by atoms with Gasteiger partial charge in [-0.05, 0) is 12.5 Å². The van der Waals surface area contributed by atoms with E-state index in [1.165, 1.54) is 6.33 Å². The molecule has 148 valence electrons. The van der Waals surface area contributed by atoms with Gasteiger partial charge in [-0.2, -0.15) is 0 Å². The SMILES string of the molecule is CCN(Cc1ccccc1)C(=O)c1cc(N2CCC3(CC2)OCCO3)ncn1. The molecule has 7 nitrogen and oxygen atoms in total. The van der Waals surface area contributed by atoms with Gasteiger partial charge in [0.15, 0.2) is 5.79 Å². The van der Waals surface area contributed by atoms with E-state index in [4.69, 9.17) is 9.47 Å². The second-order valence-corrected chi connectivity index (χ2v) is 7.16. The van der Waals surface area contributed by atoms with Gasteiger partial charge in [0.2, 0.25) is 0 Å². The summed E-state index contributed by atoms with van der Waals surface area (Å²) in [5, 5.41) is 0. The van der Waals surface area contributed by atoms with Crippen molar-refractivity contribution in [1.29, 1.82) is 0 Å². The highest BCUT2D eigenvalue weighted by Crippen LogP contribution is 2.32. The lowest BCUT2D eigenvalue weighted by Crippen LogP contribution is -2.45. The van der Waals surface area contributed by atoms with E-state index in [1.807, 2.05) is 37.3 Å². The van der Waals surface area contributed by atoms with Crippen molar-refractivity contribution in [1.82, 2.24) is 14.9 Å². The largest absolute Gasteiger partial charge is 0.356 e. The van der Waals surface area contributed by atoms with E-state index in [0.717, 1.165) is 37.3 Å². The third-order valence-corrected chi connectivity index (χ3v) is 5.42. The second kappa shape index (κ2) is 8.24. The van der Waals surface area contributed by atoms with Crippen molar-refractivity contribution < 1.29 is 14.3 Å². The number of piperidine rings is 1. The lowest BCUT2D eigenvalue weighted by Gasteiger charge is -2.38. The Balaban J connectivity index is 1.44. The number of hydrogen-bond acceptors (Lipinski definition) is 6. The van der Waals surface area contributed by atoms with Gasteiger partial charge in [-0.3, -0.25) is 4.79 Å². The lowest BCUT2D eigenvalue weighted by atomic mass is 10.0. The molecular formula is C21H26N4O3. The highest BCUT2D eigenvalue weighted by molar-refractivity contribution is 5.92. The van der Waals surface area contributed by atoms with Crippen molar-refractivity contribution in [3.8, 4) is 0 Å². The van der Waals surface area contributed by atoms with Crippen molar-refractivity contribution in [3.63, 3.8) is 0 Å². The number of amides is 1. The summed E-state index contributed by atoms with van der Waals surface area (Å²) in [4.78, 5) is 25.6. The number of aromatic nitrogens is 2. The van der Waals surface area contributed by atoms with Gasteiger partial charge in [-0.25, -0.2) is 9.97 Å². The molecule has 2 aliphatic heterocycles. The van der Waals surface area contributed by atoms with Gasteiger partial charge in [0.05, 0.1) is 13.2 Å². The summed E-state index contributed by atoms with van der Waals surface area (Å²) in [6, 6.07) is 11.8. The summed E-state index contributed by atoms with van der Waals surface area (Å²) in [5.41, 5.74) is 1.53. The minimum absolute atomic E-state index is 0.0778. The summed E-state index contributed by atoms with van der Waals surface area (Å²) >= 11 is 0. The molecule has 7 heteroatoms. The van der Waals surface area contributed by atoms with Crippen LogP contribution in [-0.4, -0.2) is 59.4 Å². The van der Waals surface area contributed by atoms with E-state index < -0.39 is 5.79 Å². The van der Waals surface area contributed by atoms with Crippen LogP contribution >= 0.6 is 0 Å². The van der Waals surface area contributed by atoms with Crippen LogP contribution in [0.3, 0.4) is 0 Å². The van der Waals surface area contributed by atoms with Gasteiger partial charge in [-0.1, -0.05) is 30.3 Å². The molecule has 0 bridgehead atoms. The van der Waals surface area contributed by atoms with Crippen molar-refractivity contribution in [2.75, 3.05) is 37.7 Å². The van der Waals surface area contributed by atoms with Crippen LogP contribution in [0.1, 0.15) is 35.8 Å². The maximum atomic E-state index is 13.0. The zero-order chi connectivity index (χ0) is 19.4. The molecule has 1 amide bonds. The molecule has 0 aliphatic carbocycles. The Labute approximate surface area is 165 Å². The zero-order valence-corrected chi connectivity index (χ0v) is 16.2. The minimum Gasteiger partial charge on any atom is -0.356 e. The van der Waals surface area contributed by atoms with E-state index in [2.05, 4.69) is 14.9 Å². The van der Waals surface area contributed by atoms with Crippen molar-refractivity contribution >= 4 is 11.7 Å². The third kappa shape index (κ3) is 4.00. The quantitative estimate of drug-likeness (QED) is 0.791. The fraction of sp³-hybridized carbons (Fsp3) is 0.476. The molecule has 0 saturated carbocycles. The highest BCUT2D eigenvalue weighted by atomic mass is 16.7. The maximum absolute atomic E-state index is 13.0. The number of rotatable bonds is 5.